The number of hydrogen-bond acceptors (Lipinski definition) is 1. The first-order valence-corrected chi connectivity index (χ1v) is 7.06. The summed E-state index contributed by atoms with van der Waals surface area (Å²) in [6.07, 6.45) is 0. The average Bonchev–Trinajstić information content (AvgIpc) is 2.38. The molecular weight excluding hydrogens is 310 g/mol. The molecule has 2 rings (SSSR count). The zero-order chi connectivity index (χ0) is 13.0. The second-order valence-corrected chi connectivity index (χ2v) is 5.54. The van der Waals surface area contributed by atoms with Gasteiger partial charge in [-0.1, -0.05) is 57.9 Å². The molecule has 0 amide bonds. The molecule has 2 aromatic carbocycles. The molecular formula is C15H15BrClN. The summed E-state index contributed by atoms with van der Waals surface area (Å²) in [5, 5.41) is 4.28. The molecule has 0 aromatic heterocycles. The standard InChI is InChI=1S/C15H15BrClN/c1-11(14-4-2-3-5-15(14)16)18-10-12-6-8-13(17)9-7-12/h2-9,11,18H,10H2,1H3/t11-/m0/s1. The van der Waals surface area contributed by atoms with E-state index in [9.17, 15) is 0 Å². The van der Waals surface area contributed by atoms with E-state index in [1.54, 1.807) is 0 Å². The maximum absolute atomic E-state index is 5.86. The molecule has 0 saturated carbocycles. The zero-order valence-electron chi connectivity index (χ0n) is 10.2. The lowest BCUT2D eigenvalue weighted by Gasteiger charge is -2.15. The minimum atomic E-state index is 0.302. The van der Waals surface area contributed by atoms with Crippen LogP contribution in [0.3, 0.4) is 0 Å². The van der Waals surface area contributed by atoms with Gasteiger partial charge in [-0.05, 0) is 36.2 Å². The van der Waals surface area contributed by atoms with Gasteiger partial charge in [0.1, 0.15) is 0 Å². The highest BCUT2D eigenvalue weighted by molar-refractivity contribution is 9.10. The van der Waals surface area contributed by atoms with Gasteiger partial charge in [0.25, 0.3) is 0 Å². The Morgan fingerprint density at radius 3 is 2.44 bits per heavy atom. The molecule has 0 bridgehead atoms. The van der Waals surface area contributed by atoms with Gasteiger partial charge in [-0.3, -0.25) is 0 Å². The van der Waals surface area contributed by atoms with Crippen LogP contribution in [0.2, 0.25) is 5.02 Å². The predicted molar refractivity (Wildman–Crippen MR) is 80.8 cm³/mol. The summed E-state index contributed by atoms with van der Waals surface area (Å²) in [6.45, 7) is 3.00. The van der Waals surface area contributed by atoms with Gasteiger partial charge >= 0.3 is 0 Å². The summed E-state index contributed by atoms with van der Waals surface area (Å²) in [4.78, 5) is 0. The zero-order valence-corrected chi connectivity index (χ0v) is 12.5. The van der Waals surface area contributed by atoms with E-state index in [0.29, 0.717) is 6.04 Å². The third kappa shape index (κ3) is 3.58. The molecule has 0 aliphatic carbocycles. The third-order valence-electron chi connectivity index (χ3n) is 2.90. The largest absolute Gasteiger partial charge is 0.306 e. The molecule has 0 radical (unpaired) electrons. The first-order chi connectivity index (χ1) is 8.66. The normalized spacial score (nSPS) is 12.4. The Morgan fingerprint density at radius 2 is 1.78 bits per heavy atom. The van der Waals surface area contributed by atoms with Crippen molar-refractivity contribution in [2.24, 2.45) is 0 Å². The molecule has 0 aliphatic rings. The van der Waals surface area contributed by atoms with Crippen LogP contribution in [0.25, 0.3) is 0 Å². The van der Waals surface area contributed by atoms with Gasteiger partial charge in [0.2, 0.25) is 0 Å². The second kappa shape index (κ2) is 6.37. The summed E-state index contributed by atoms with van der Waals surface area (Å²) in [5.41, 5.74) is 2.50. The average molecular weight is 325 g/mol. The van der Waals surface area contributed by atoms with E-state index in [1.807, 2.05) is 30.3 Å². The van der Waals surface area contributed by atoms with Crippen molar-refractivity contribution in [3.05, 3.63) is 69.2 Å². The van der Waals surface area contributed by atoms with Gasteiger partial charge in [-0.25, -0.2) is 0 Å². The van der Waals surface area contributed by atoms with Crippen LogP contribution in [0.15, 0.2) is 53.0 Å². The van der Waals surface area contributed by atoms with Crippen LogP contribution < -0.4 is 5.32 Å². The Kier molecular flexibility index (Phi) is 4.81. The molecule has 2 aromatic rings. The van der Waals surface area contributed by atoms with Gasteiger partial charge in [0.05, 0.1) is 0 Å². The Labute approximate surface area is 121 Å². The van der Waals surface area contributed by atoms with Crippen molar-refractivity contribution in [3.8, 4) is 0 Å². The van der Waals surface area contributed by atoms with Crippen molar-refractivity contribution in [1.82, 2.24) is 5.32 Å². The first-order valence-electron chi connectivity index (χ1n) is 5.89. The van der Waals surface area contributed by atoms with Gasteiger partial charge in [0.15, 0.2) is 0 Å². The highest BCUT2D eigenvalue weighted by atomic mass is 79.9. The lowest BCUT2D eigenvalue weighted by molar-refractivity contribution is 0.573. The van der Waals surface area contributed by atoms with Crippen LogP contribution in [0.4, 0.5) is 0 Å². The molecule has 18 heavy (non-hydrogen) atoms. The van der Waals surface area contributed by atoms with Crippen LogP contribution in [0.5, 0.6) is 0 Å². The van der Waals surface area contributed by atoms with Crippen LogP contribution in [0.1, 0.15) is 24.1 Å². The fraction of sp³-hybridized carbons (Fsp3) is 0.200. The Balaban J connectivity index is 1.98. The highest BCUT2D eigenvalue weighted by Gasteiger charge is 2.07. The summed E-state index contributed by atoms with van der Waals surface area (Å²) >= 11 is 9.44. The monoisotopic (exact) mass is 323 g/mol. The van der Waals surface area contributed by atoms with Crippen molar-refractivity contribution < 1.29 is 0 Å². The molecule has 0 heterocycles. The van der Waals surface area contributed by atoms with Gasteiger partial charge in [0, 0.05) is 22.1 Å². The molecule has 1 atom stereocenters. The number of rotatable bonds is 4. The molecule has 1 N–H and O–H groups in total. The predicted octanol–water partition coefficient (Wildman–Crippen LogP) is 4.95. The van der Waals surface area contributed by atoms with E-state index in [0.717, 1.165) is 16.0 Å². The maximum Gasteiger partial charge on any atom is 0.0406 e. The van der Waals surface area contributed by atoms with Gasteiger partial charge in [-0.15, -0.1) is 0 Å². The second-order valence-electron chi connectivity index (χ2n) is 4.25. The molecule has 0 fully saturated rings. The quantitative estimate of drug-likeness (QED) is 0.838. The lowest BCUT2D eigenvalue weighted by atomic mass is 10.1. The molecule has 0 saturated heterocycles. The van der Waals surface area contributed by atoms with Crippen LogP contribution in [0, 0.1) is 0 Å². The Morgan fingerprint density at radius 1 is 1.11 bits per heavy atom. The van der Waals surface area contributed by atoms with Crippen LogP contribution in [-0.2, 0) is 6.54 Å². The summed E-state index contributed by atoms with van der Waals surface area (Å²) in [5.74, 6) is 0. The van der Waals surface area contributed by atoms with Crippen molar-refractivity contribution in [1.29, 1.82) is 0 Å². The van der Waals surface area contributed by atoms with Crippen molar-refractivity contribution in [2.45, 2.75) is 19.5 Å². The summed E-state index contributed by atoms with van der Waals surface area (Å²) in [6, 6.07) is 16.5. The van der Waals surface area contributed by atoms with Crippen molar-refractivity contribution in [3.63, 3.8) is 0 Å². The van der Waals surface area contributed by atoms with Gasteiger partial charge < -0.3 is 5.32 Å². The van der Waals surface area contributed by atoms with Gasteiger partial charge in [-0.2, -0.15) is 0 Å². The smallest absolute Gasteiger partial charge is 0.0406 e. The maximum atomic E-state index is 5.86. The fourth-order valence-electron chi connectivity index (χ4n) is 1.81. The SMILES string of the molecule is C[C@H](NCc1ccc(Cl)cc1)c1ccccc1Br. The summed E-state index contributed by atoms with van der Waals surface area (Å²) < 4.78 is 1.14. The van der Waals surface area contributed by atoms with Crippen LogP contribution in [-0.4, -0.2) is 0 Å². The Hall–Kier alpha value is -0.830. The molecule has 94 valence electrons. The van der Waals surface area contributed by atoms with E-state index in [1.165, 1.54) is 11.1 Å². The fourth-order valence-corrected chi connectivity index (χ4v) is 2.56. The molecule has 0 spiro atoms. The van der Waals surface area contributed by atoms with E-state index in [-0.39, 0.29) is 0 Å². The van der Waals surface area contributed by atoms with Crippen LogP contribution >= 0.6 is 27.5 Å². The van der Waals surface area contributed by atoms with E-state index in [2.05, 4.69) is 46.4 Å². The molecule has 3 heteroatoms. The number of benzene rings is 2. The molecule has 0 unspecified atom stereocenters. The van der Waals surface area contributed by atoms with E-state index >= 15 is 0 Å². The Bertz CT molecular complexity index is 510. The topological polar surface area (TPSA) is 12.0 Å². The first kappa shape index (κ1) is 13.6. The van der Waals surface area contributed by atoms with E-state index < -0.39 is 0 Å². The number of hydrogen-bond donors (Lipinski definition) is 1. The van der Waals surface area contributed by atoms with E-state index in [4.69, 9.17) is 11.6 Å². The number of nitrogens with one attached hydrogen (secondary N) is 1. The highest BCUT2D eigenvalue weighted by Crippen LogP contribution is 2.23. The summed E-state index contributed by atoms with van der Waals surface area (Å²) in [7, 11) is 0. The molecule has 1 nitrogen and oxygen atoms in total. The number of halogens is 2. The minimum Gasteiger partial charge on any atom is -0.306 e. The molecule has 0 aliphatic heterocycles. The third-order valence-corrected chi connectivity index (χ3v) is 3.87. The minimum absolute atomic E-state index is 0.302. The lowest BCUT2D eigenvalue weighted by Crippen LogP contribution is -2.18. The van der Waals surface area contributed by atoms with Crippen molar-refractivity contribution in [2.75, 3.05) is 0 Å². The van der Waals surface area contributed by atoms with Crippen molar-refractivity contribution >= 4 is 27.5 Å².